The van der Waals surface area contributed by atoms with Gasteiger partial charge in [0.2, 0.25) is 11.9 Å². The van der Waals surface area contributed by atoms with Gasteiger partial charge in [0, 0.05) is 18.3 Å². The lowest BCUT2D eigenvalue weighted by Crippen LogP contribution is -2.21. The lowest BCUT2D eigenvalue weighted by atomic mass is 10.1. The fourth-order valence-corrected chi connectivity index (χ4v) is 1.94. The van der Waals surface area contributed by atoms with Crippen molar-refractivity contribution in [2.75, 3.05) is 0 Å². The van der Waals surface area contributed by atoms with E-state index in [0.29, 0.717) is 5.69 Å². The number of aromatic nitrogens is 2. The normalized spacial score (nSPS) is 11.8. The van der Waals surface area contributed by atoms with Crippen LogP contribution in [0.5, 0.6) is 0 Å². The Hall–Kier alpha value is -2.56. The number of hydrogen-bond acceptors (Lipinski definition) is 5. The second-order valence-electron chi connectivity index (χ2n) is 4.72. The number of ether oxygens (including phenoxy) is 1. The third kappa shape index (κ3) is 3.72. The molecule has 5 heteroatoms. The molecule has 1 atom stereocenters. The third-order valence-electron chi connectivity index (χ3n) is 2.84. The summed E-state index contributed by atoms with van der Waals surface area (Å²) in [7, 11) is 0. The van der Waals surface area contributed by atoms with Crippen molar-refractivity contribution in [3.63, 3.8) is 0 Å². The number of carbonyl (C=O) groups is 2. The first-order valence-corrected chi connectivity index (χ1v) is 6.56. The van der Waals surface area contributed by atoms with E-state index < -0.39 is 12.1 Å². The monoisotopic (exact) mass is 284 g/mol. The summed E-state index contributed by atoms with van der Waals surface area (Å²) >= 11 is 0. The molecular weight excluding hydrogens is 268 g/mol. The van der Waals surface area contributed by atoms with Crippen LogP contribution in [0.2, 0.25) is 0 Å². The number of pyridine rings is 2. The Bertz CT molecular complexity index is 683. The quantitative estimate of drug-likeness (QED) is 0.637. The smallest absolute Gasteiger partial charge is 0.303 e. The van der Waals surface area contributed by atoms with Crippen LogP contribution >= 0.6 is 0 Å². The SMILES string of the molecule is CC(=O)OC(C(=O)c1cccc(C)n1)c1cccc(C)n1. The van der Waals surface area contributed by atoms with Crippen LogP contribution in [-0.4, -0.2) is 21.7 Å². The van der Waals surface area contributed by atoms with Gasteiger partial charge >= 0.3 is 5.97 Å². The second-order valence-corrected chi connectivity index (χ2v) is 4.72. The van der Waals surface area contributed by atoms with E-state index in [1.807, 2.05) is 13.0 Å². The van der Waals surface area contributed by atoms with E-state index >= 15 is 0 Å². The van der Waals surface area contributed by atoms with Gasteiger partial charge in [-0.1, -0.05) is 12.1 Å². The summed E-state index contributed by atoms with van der Waals surface area (Å²) in [4.78, 5) is 32.3. The Labute approximate surface area is 123 Å². The molecule has 0 aliphatic rings. The predicted octanol–water partition coefficient (Wildman–Crippen LogP) is 2.58. The minimum Gasteiger partial charge on any atom is -0.447 e. The van der Waals surface area contributed by atoms with Crippen LogP contribution in [0.4, 0.5) is 0 Å². The molecule has 21 heavy (non-hydrogen) atoms. The molecule has 0 bridgehead atoms. The molecule has 1 unspecified atom stereocenters. The molecule has 108 valence electrons. The van der Waals surface area contributed by atoms with Crippen LogP contribution in [0.1, 0.15) is 40.6 Å². The topological polar surface area (TPSA) is 69.2 Å². The van der Waals surface area contributed by atoms with Gasteiger partial charge in [-0.15, -0.1) is 0 Å². The van der Waals surface area contributed by atoms with Gasteiger partial charge < -0.3 is 4.74 Å². The zero-order chi connectivity index (χ0) is 15.4. The average Bonchev–Trinajstić information content (AvgIpc) is 2.44. The van der Waals surface area contributed by atoms with Crippen molar-refractivity contribution < 1.29 is 14.3 Å². The zero-order valence-corrected chi connectivity index (χ0v) is 12.2. The van der Waals surface area contributed by atoms with Crippen molar-refractivity contribution in [3.8, 4) is 0 Å². The maximum atomic E-state index is 12.6. The molecule has 2 aromatic rings. The first kappa shape index (κ1) is 14.8. The summed E-state index contributed by atoms with van der Waals surface area (Å²) < 4.78 is 5.16. The summed E-state index contributed by atoms with van der Waals surface area (Å²) in [6.07, 6.45) is -1.07. The third-order valence-corrected chi connectivity index (χ3v) is 2.84. The highest BCUT2D eigenvalue weighted by Crippen LogP contribution is 2.21. The maximum Gasteiger partial charge on any atom is 0.303 e. The van der Waals surface area contributed by atoms with Crippen LogP contribution in [0.3, 0.4) is 0 Å². The van der Waals surface area contributed by atoms with Crippen molar-refractivity contribution in [1.29, 1.82) is 0 Å². The molecule has 2 heterocycles. The number of aryl methyl sites for hydroxylation is 2. The first-order chi connectivity index (χ1) is 9.97. The number of rotatable bonds is 4. The molecule has 0 N–H and O–H groups in total. The van der Waals surface area contributed by atoms with E-state index in [1.165, 1.54) is 6.92 Å². The number of carbonyl (C=O) groups excluding carboxylic acids is 2. The van der Waals surface area contributed by atoms with E-state index in [9.17, 15) is 9.59 Å². The number of hydrogen-bond donors (Lipinski definition) is 0. The van der Waals surface area contributed by atoms with Gasteiger partial charge in [0.25, 0.3) is 0 Å². The lowest BCUT2D eigenvalue weighted by molar-refractivity contribution is -0.144. The van der Waals surface area contributed by atoms with Gasteiger partial charge in [0.15, 0.2) is 0 Å². The molecule has 0 fully saturated rings. The molecule has 0 aliphatic heterocycles. The van der Waals surface area contributed by atoms with Gasteiger partial charge in [0.05, 0.1) is 5.69 Å². The lowest BCUT2D eigenvalue weighted by Gasteiger charge is -2.15. The summed E-state index contributed by atoms with van der Waals surface area (Å²) in [5, 5.41) is 0. The fraction of sp³-hybridized carbons (Fsp3) is 0.250. The molecule has 0 amide bonds. The number of esters is 1. The van der Waals surface area contributed by atoms with Crippen molar-refractivity contribution in [2.45, 2.75) is 26.9 Å². The standard InChI is InChI=1S/C16H16N2O3/c1-10-6-4-8-13(17-10)15(20)16(21-12(3)19)14-9-5-7-11(2)18-14/h4-9,16H,1-3H3. The van der Waals surface area contributed by atoms with Crippen LogP contribution in [-0.2, 0) is 9.53 Å². The minimum absolute atomic E-state index is 0.254. The summed E-state index contributed by atoms with van der Waals surface area (Å²) in [5.41, 5.74) is 2.12. The molecule has 2 aromatic heterocycles. The average molecular weight is 284 g/mol. The van der Waals surface area contributed by atoms with Crippen LogP contribution in [0.15, 0.2) is 36.4 Å². The summed E-state index contributed by atoms with van der Waals surface area (Å²) in [5.74, 6) is -0.920. The summed E-state index contributed by atoms with van der Waals surface area (Å²) in [6.45, 7) is 4.87. The highest BCUT2D eigenvalue weighted by molar-refractivity contribution is 5.99. The first-order valence-electron chi connectivity index (χ1n) is 6.56. The van der Waals surface area contributed by atoms with Crippen molar-refractivity contribution in [3.05, 3.63) is 59.2 Å². The fourth-order valence-electron chi connectivity index (χ4n) is 1.94. The maximum absolute atomic E-state index is 12.6. The molecule has 0 radical (unpaired) electrons. The Morgan fingerprint density at radius 2 is 1.62 bits per heavy atom. The van der Waals surface area contributed by atoms with Crippen molar-refractivity contribution >= 4 is 11.8 Å². The van der Waals surface area contributed by atoms with E-state index in [-0.39, 0.29) is 11.5 Å². The van der Waals surface area contributed by atoms with Crippen molar-refractivity contribution in [1.82, 2.24) is 9.97 Å². The van der Waals surface area contributed by atoms with E-state index in [0.717, 1.165) is 11.4 Å². The Morgan fingerprint density at radius 1 is 1.00 bits per heavy atom. The molecule has 0 spiro atoms. The van der Waals surface area contributed by atoms with Gasteiger partial charge in [-0.3, -0.25) is 14.6 Å². The molecule has 0 saturated carbocycles. The number of Topliss-reactive ketones (excluding diaryl/α,β-unsaturated/α-hetero) is 1. The minimum atomic E-state index is -1.07. The van der Waals surface area contributed by atoms with Gasteiger partial charge in [-0.05, 0) is 38.1 Å². The van der Waals surface area contributed by atoms with Crippen LogP contribution in [0.25, 0.3) is 0 Å². The van der Waals surface area contributed by atoms with Gasteiger partial charge in [-0.25, -0.2) is 4.98 Å². The molecule has 5 nitrogen and oxygen atoms in total. The van der Waals surface area contributed by atoms with Crippen LogP contribution < -0.4 is 0 Å². The second kappa shape index (κ2) is 6.26. The highest BCUT2D eigenvalue weighted by Gasteiger charge is 2.27. The van der Waals surface area contributed by atoms with Crippen molar-refractivity contribution in [2.24, 2.45) is 0 Å². The molecule has 0 aliphatic carbocycles. The Balaban J connectivity index is 2.40. The molecule has 0 saturated heterocycles. The molecular formula is C16H16N2O3. The highest BCUT2D eigenvalue weighted by atomic mass is 16.5. The van der Waals surface area contributed by atoms with Gasteiger partial charge in [0.1, 0.15) is 5.69 Å². The van der Waals surface area contributed by atoms with Gasteiger partial charge in [-0.2, -0.15) is 0 Å². The number of ketones is 1. The Morgan fingerprint density at radius 3 is 2.19 bits per heavy atom. The van der Waals surface area contributed by atoms with E-state index in [4.69, 9.17) is 4.74 Å². The summed E-state index contributed by atoms with van der Waals surface area (Å²) in [6, 6.07) is 10.4. The van der Waals surface area contributed by atoms with Crippen LogP contribution in [0, 0.1) is 13.8 Å². The number of nitrogens with zero attached hydrogens (tertiary/aromatic N) is 2. The predicted molar refractivity (Wildman–Crippen MR) is 76.8 cm³/mol. The largest absolute Gasteiger partial charge is 0.447 e. The Kier molecular flexibility index (Phi) is 4.42. The molecule has 2 rings (SSSR count). The van der Waals surface area contributed by atoms with E-state index in [2.05, 4.69) is 9.97 Å². The van der Waals surface area contributed by atoms with E-state index in [1.54, 1.807) is 37.3 Å². The zero-order valence-electron chi connectivity index (χ0n) is 12.2. The molecule has 0 aromatic carbocycles.